The minimum absolute atomic E-state index is 0.0548. The van der Waals surface area contributed by atoms with E-state index in [2.05, 4.69) is 4.74 Å². The van der Waals surface area contributed by atoms with E-state index in [4.69, 9.17) is 9.66 Å². The lowest BCUT2D eigenvalue weighted by Gasteiger charge is -2.02. The molecule has 0 aliphatic rings. The molecule has 0 bridgehead atoms. The van der Waals surface area contributed by atoms with Crippen molar-refractivity contribution in [2.75, 3.05) is 5.94 Å². The molecule has 0 spiro atoms. The third-order valence-electron chi connectivity index (χ3n) is 1.21. The van der Waals surface area contributed by atoms with Gasteiger partial charge in [-0.25, -0.2) is 0 Å². The number of ether oxygens (including phenoxy) is 1. The molecule has 0 radical (unpaired) electrons. The summed E-state index contributed by atoms with van der Waals surface area (Å²) in [5, 5.41) is 8.86. The van der Waals surface area contributed by atoms with E-state index in [0.717, 1.165) is 0 Å². The van der Waals surface area contributed by atoms with Gasteiger partial charge in [0.2, 0.25) is 5.94 Å². The average Bonchev–Trinajstić information content (AvgIpc) is 2.02. The van der Waals surface area contributed by atoms with E-state index in [9.17, 15) is 8.42 Å². The van der Waals surface area contributed by atoms with Crippen molar-refractivity contribution in [2.45, 2.75) is 0 Å². The molecule has 2 N–H and O–H groups in total. The van der Waals surface area contributed by atoms with E-state index in [-0.39, 0.29) is 11.5 Å². The molecule has 0 unspecified atom stereocenters. The fourth-order valence-electron chi connectivity index (χ4n) is 0.685. The molecule has 6 heteroatoms. The number of phenols is 1. The highest BCUT2D eigenvalue weighted by Crippen LogP contribution is 2.15. The fourth-order valence-corrected chi connectivity index (χ4v) is 0.970. The van der Waals surface area contributed by atoms with Crippen molar-refractivity contribution in [3.63, 3.8) is 0 Å². The Kier molecular flexibility index (Phi) is 2.74. The zero-order valence-corrected chi connectivity index (χ0v) is 7.36. The summed E-state index contributed by atoms with van der Waals surface area (Å²) in [6, 6.07) is 5.47. The molecule has 0 aliphatic heterocycles. The molecule has 0 saturated heterocycles. The number of benzene rings is 1. The van der Waals surface area contributed by atoms with E-state index in [1.165, 1.54) is 24.3 Å². The van der Waals surface area contributed by atoms with E-state index in [0.29, 0.717) is 0 Å². The van der Waals surface area contributed by atoms with Gasteiger partial charge in [-0.15, -0.1) is 0 Å². The van der Waals surface area contributed by atoms with Crippen LogP contribution in [0.25, 0.3) is 0 Å². The minimum atomic E-state index is -4.12. The van der Waals surface area contributed by atoms with Gasteiger partial charge in [0, 0.05) is 0 Å². The second kappa shape index (κ2) is 3.63. The largest absolute Gasteiger partial charge is 0.508 e. The van der Waals surface area contributed by atoms with E-state index < -0.39 is 16.1 Å². The lowest BCUT2D eigenvalue weighted by atomic mass is 10.3. The summed E-state index contributed by atoms with van der Waals surface area (Å²) < 4.78 is 33.5. The van der Waals surface area contributed by atoms with Crippen molar-refractivity contribution in [3.05, 3.63) is 24.3 Å². The molecule has 0 aliphatic carbocycles. The third-order valence-corrected chi connectivity index (χ3v) is 1.63. The summed E-state index contributed by atoms with van der Waals surface area (Å²) >= 11 is 0. The summed E-state index contributed by atoms with van der Waals surface area (Å²) in [5.74, 6) is -0.479. The number of rotatable bonds is 3. The summed E-state index contributed by atoms with van der Waals surface area (Å²) in [6.45, 7) is 0. The molecule has 1 aromatic rings. The SMILES string of the molecule is O=S(=O)(O)COc1ccc(O)cc1. The Bertz CT molecular complexity index is 366. The molecule has 0 saturated carbocycles. The highest BCUT2D eigenvalue weighted by atomic mass is 32.2. The van der Waals surface area contributed by atoms with Gasteiger partial charge in [-0.2, -0.15) is 8.42 Å². The van der Waals surface area contributed by atoms with E-state index in [1.807, 2.05) is 0 Å². The summed E-state index contributed by atoms with van der Waals surface area (Å²) in [4.78, 5) is 0. The van der Waals surface area contributed by atoms with Crippen LogP contribution >= 0.6 is 0 Å². The maximum absolute atomic E-state index is 10.3. The highest BCUT2D eigenvalue weighted by molar-refractivity contribution is 7.85. The topological polar surface area (TPSA) is 83.8 Å². The Balaban J connectivity index is 2.61. The average molecular weight is 204 g/mol. The van der Waals surface area contributed by atoms with Crippen LogP contribution in [0.3, 0.4) is 0 Å². The molecular weight excluding hydrogens is 196 g/mol. The van der Waals surface area contributed by atoms with Crippen molar-refractivity contribution >= 4 is 10.1 Å². The van der Waals surface area contributed by atoms with Gasteiger partial charge in [-0.1, -0.05) is 0 Å². The predicted octanol–water partition coefficient (Wildman–Crippen LogP) is 0.616. The van der Waals surface area contributed by atoms with Gasteiger partial charge in [0.25, 0.3) is 0 Å². The van der Waals surface area contributed by atoms with Gasteiger partial charge in [-0.3, -0.25) is 4.55 Å². The molecule has 0 heterocycles. The molecule has 0 atom stereocenters. The molecule has 13 heavy (non-hydrogen) atoms. The number of hydrogen-bond acceptors (Lipinski definition) is 4. The standard InChI is InChI=1S/C7H8O5S/c8-6-1-3-7(4-2-6)12-5-13(9,10)11/h1-4,8H,5H2,(H,9,10,11). The monoisotopic (exact) mass is 204 g/mol. The first-order valence-electron chi connectivity index (χ1n) is 3.34. The van der Waals surface area contributed by atoms with Crippen LogP contribution in [0.5, 0.6) is 11.5 Å². The third kappa shape index (κ3) is 3.77. The Morgan fingerprint density at radius 2 is 1.77 bits per heavy atom. The number of hydrogen-bond donors (Lipinski definition) is 2. The Morgan fingerprint density at radius 1 is 1.23 bits per heavy atom. The second-order valence-corrected chi connectivity index (χ2v) is 3.74. The van der Waals surface area contributed by atoms with Crippen LogP contribution in [0.15, 0.2) is 24.3 Å². The lowest BCUT2D eigenvalue weighted by molar-refractivity contribution is 0.352. The lowest BCUT2D eigenvalue weighted by Crippen LogP contribution is -2.10. The Hall–Kier alpha value is -1.27. The zero-order chi connectivity index (χ0) is 9.90. The first kappa shape index (κ1) is 9.82. The molecular formula is C7H8O5S. The first-order valence-corrected chi connectivity index (χ1v) is 4.95. The number of phenolic OH excluding ortho intramolecular Hbond substituents is 1. The Morgan fingerprint density at radius 3 is 2.23 bits per heavy atom. The molecule has 0 amide bonds. The molecule has 0 fully saturated rings. The van der Waals surface area contributed by atoms with Crippen molar-refractivity contribution in [2.24, 2.45) is 0 Å². The molecule has 5 nitrogen and oxygen atoms in total. The van der Waals surface area contributed by atoms with Gasteiger partial charge in [-0.05, 0) is 24.3 Å². The van der Waals surface area contributed by atoms with Gasteiger partial charge in [0.05, 0.1) is 0 Å². The predicted molar refractivity (Wildman–Crippen MR) is 45.2 cm³/mol. The number of aromatic hydroxyl groups is 1. The van der Waals surface area contributed by atoms with Crippen molar-refractivity contribution < 1.29 is 22.8 Å². The van der Waals surface area contributed by atoms with Crippen molar-refractivity contribution in [1.82, 2.24) is 0 Å². The highest BCUT2D eigenvalue weighted by Gasteiger charge is 2.04. The van der Waals surface area contributed by atoms with Crippen molar-refractivity contribution in [1.29, 1.82) is 0 Å². The van der Waals surface area contributed by atoms with Gasteiger partial charge >= 0.3 is 10.1 Å². The summed E-state index contributed by atoms with van der Waals surface area (Å²) in [7, 11) is -4.12. The second-order valence-electron chi connectivity index (χ2n) is 2.34. The van der Waals surface area contributed by atoms with Crippen LogP contribution in [0.2, 0.25) is 0 Å². The minimum Gasteiger partial charge on any atom is -0.508 e. The van der Waals surface area contributed by atoms with Crippen LogP contribution in [0.4, 0.5) is 0 Å². The van der Waals surface area contributed by atoms with Gasteiger partial charge < -0.3 is 9.84 Å². The molecule has 1 aromatic carbocycles. The van der Waals surface area contributed by atoms with Crippen LogP contribution in [0.1, 0.15) is 0 Å². The maximum Gasteiger partial charge on any atom is 0.300 e. The van der Waals surface area contributed by atoms with Crippen LogP contribution in [-0.2, 0) is 10.1 Å². The molecule has 0 aromatic heterocycles. The molecule has 1 rings (SSSR count). The Labute approximate surface area is 75.3 Å². The molecule has 72 valence electrons. The van der Waals surface area contributed by atoms with Crippen LogP contribution in [0, 0.1) is 0 Å². The van der Waals surface area contributed by atoms with Gasteiger partial charge in [0.1, 0.15) is 11.5 Å². The van der Waals surface area contributed by atoms with Crippen LogP contribution in [-0.4, -0.2) is 24.0 Å². The van der Waals surface area contributed by atoms with Crippen molar-refractivity contribution in [3.8, 4) is 11.5 Å². The van der Waals surface area contributed by atoms with E-state index >= 15 is 0 Å². The summed E-state index contributed by atoms with van der Waals surface area (Å²) in [5.41, 5.74) is 0. The summed E-state index contributed by atoms with van der Waals surface area (Å²) in [6.07, 6.45) is 0. The quantitative estimate of drug-likeness (QED) is 0.705. The first-order chi connectivity index (χ1) is 5.97. The van der Waals surface area contributed by atoms with E-state index in [1.54, 1.807) is 0 Å². The van der Waals surface area contributed by atoms with Gasteiger partial charge in [0.15, 0.2) is 0 Å². The zero-order valence-electron chi connectivity index (χ0n) is 6.54. The normalized spacial score (nSPS) is 11.2. The maximum atomic E-state index is 10.3. The fraction of sp³-hybridized carbons (Fsp3) is 0.143. The smallest absolute Gasteiger partial charge is 0.300 e. The van der Waals surface area contributed by atoms with Crippen LogP contribution < -0.4 is 4.74 Å².